The zero-order chi connectivity index (χ0) is 12.1. The van der Waals surface area contributed by atoms with Gasteiger partial charge in [-0.25, -0.2) is 0 Å². The molecule has 17 heavy (non-hydrogen) atoms. The van der Waals surface area contributed by atoms with Crippen molar-refractivity contribution in [3.63, 3.8) is 0 Å². The largest absolute Gasteiger partial charge is 0.380 e. The van der Waals surface area contributed by atoms with Crippen molar-refractivity contribution in [1.82, 2.24) is 0 Å². The molecule has 1 aliphatic heterocycles. The van der Waals surface area contributed by atoms with Crippen LogP contribution in [-0.4, -0.2) is 32.8 Å². The fourth-order valence-corrected chi connectivity index (χ4v) is 2.53. The molecular weight excluding hydrogens is 280 g/mol. The zero-order valence-corrected chi connectivity index (χ0v) is 11.6. The van der Waals surface area contributed by atoms with E-state index in [1.807, 2.05) is 0 Å². The van der Waals surface area contributed by atoms with Crippen LogP contribution in [0.25, 0.3) is 0 Å². The van der Waals surface area contributed by atoms with Gasteiger partial charge in [-0.3, -0.25) is 0 Å². The summed E-state index contributed by atoms with van der Waals surface area (Å²) in [6.45, 7) is 4.41. The molecule has 1 heterocycles. The Labute approximate surface area is 111 Å². The zero-order valence-electron chi connectivity index (χ0n) is 9.99. The van der Waals surface area contributed by atoms with Gasteiger partial charge in [-0.15, -0.1) is 0 Å². The molecule has 0 amide bonds. The third-order valence-corrected chi connectivity index (χ3v) is 3.52. The molecule has 1 fully saturated rings. The second-order valence-corrected chi connectivity index (χ2v) is 5.18. The molecule has 3 nitrogen and oxygen atoms in total. The number of nitrogens with zero attached hydrogens (tertiary/aromatic N) is 1. The number of hydrogen-bond acceptors (Lipinski definition) is 3. The van der Waals surface area contributed by atoms with E-state index in [1.165, 1.54) is 11.3 Å². The molecule has 0 unspecified atom stereocenters. The van der Waals surface area contributed by atoms with Crippen LogP contribution in [0.1, 0.15) is 12.0 Å². The highest BCUT2D eigenvalue weighted by Crippen LogP contribution is 2.26. The Morgan fingerprint density at radius 1 is 1.29 bits per heavy atom. The highest BCUT2D eigenvalue weighted by molar-refractivity contribution is 9.10. The van der Waals surface area contributed by atoms with Crippen molar-refractivity contribution in [3.05, 3.63) is 28.2 Å². The Bertz CT molecular complexity index is 362. The molecule has 0 saturated carbocycles. The smallest absolute Gasteiger partial charge is 0.0641 e. The van der Waals surface area contributed by atoms with E-state index in [9.17, 15) is 0 Å². The summed E-state index contributed by atoms with van der Waals surface area (Å²) in [5.41, 5.74) is 8.31. The quantitative estimate of drug-likeness (QED) is 0.929. The topological polar surface area (TPSA) is 38.5 Å². The van der Waals surface area contributed by atoms with Crippen molar-refractivity contribution in [2.75, 3.05) is 37.7 Å². The standard InChI is InChI=1S/C13H19BrN2O/c14-12-3-2-11(4-5-15)13(10-12)16-6-1-8-17-9-7-16/h2-3,10H,1,4-9,15H2. The number of benzene rings is 1. The van der Waals surface area contributed by atoms with Gasteiger partial charge in [-0.05, 0) is 37.1 Å². The molecule has 1 aromatic carbocycles. The van der Waals surface area contributed by atoms with Crippen LogP contribution >= 0.6 is 15.9 Å². The lowest BCUT2D eigenvalue weighted by atomic mass is 10.1. The highest BCUT2D eigenvalue weighted by atomic mass is 79.9. The van der Waals surface area contributed by atoms with Gasteiger partial charge in [0.25, 0.3) is 0 Å². The summed E-state index contributed by atoms with van der Waals surface area (Å²) in [6, 6.07) is 6.44. The average molecular weight is 299 g/mol. The van der Waals surface area contributed by atoms with E-state index in [4.69, 9.17) is 10.5 Å². The SMILES string of the molecule is NCCc1ccc(Br)cc1N1CCCOCC1. The predicted molar refractivity (Wildman–Crippen MR) is 74.5 cm³/mol. The van der Waals surface area contributed by atoms with Gasteiger partial charge in [0.1, 0.15) is 0 Å². The van der Waals surface area contributed by atoms with Crippen LogP contribution in [0.5, 0.6) is 0 Å². The van der Waals surface area contributed by atoms with E-state index in [-0.39, 0.29) is 0 Å². The molecule has 0 aromatic heterocycles. The van der Waals surface area contributed by atoms with Gasteiger partial charge in [-0.2, -0.15) is 0 Å². The molecule has 1 aromatic rings. The first-order chi connectivity index (χ1) is 8.31. The molecule has 94 valence electrons. The summed E-state index contributed by atoms with van der Waals surface area (Å²) in [7, 11) is 0. The minimum Gasteiger partial charge on any atom is -0.380 e. The summed E-state index contributed by atoms with van der Waals surface area (Å²) >= 11 is 3.54. The van der Waals surface area contributed by atoms with E-state index < -0.39 is 0 Å². The molecule has 0 atom stereocenters. The van der Waals surface area contributed by atoms with E-state index in [0.717, 1.165) is 43.6 Å². The van der Waals surface area contributed by atoms with Crippen LogP contribution < -0.4 is 10.6 Å². The number of rotatable bonds is 3. The summed E-state index contributed by atoms with van der Waals surface area (Å²) in [6.07, 6.45) is 2.02. The van der Waals surface area contributed by atoms with Gasteiger partial charge < -0.3 is 15.4 Å². The van der Waals surface area contributed by atoms with Crippen LogP contribution in [0.4, 0.5) is 5.69 Å². The Morgan fingerprint density at radius 2 is 2.18 bits per heavy atom. The number of ether oxygens (including phenoxy) is 1. The summed E-state index contributed by atoms with van der Waals surface area (Å²) in [5.74, 6) is 0. The highest BCUT2D eigenvalue weighted by Gasteiger charge is 2.13. The second-order valence-electron chi connectivity index (χ2n) is 4.26. The molecule has 0 radical (unpaired) electrons. The molecule has 1 saturated heterocycles. The van der Waals surface area contributed by atoms with Gasteiger partial charge in [0.15, 0.2) is 0 Å². The van der Waals surface area contributed by atoms with Crippen LogP contribution in [0.2, 0.25) is 0 Å². The first kappa shape index (κ1) is 12.9. The van der Waals surface area contributed by atoms with Crippen molar-refractivity contribution in [3.8, 4) is 0 Å². The number of nitrogens with two attached hydrogens (primary N) is 1. The van der Waals surface area contributed by atoms with Gasteiger partial charge in [-0.1, -0.05) is 22.0 Å². The average Bonchev–Trinajstić information content (AvgIpc) is 2.60. The molecule has 2 rings (SSSR count). The Kier molecular flexibility index (Phi) is 4.83. The van der Waals surface area contributed by atoms with Crippen molar-refractivity contribution >= 4 is 21.6 Å². The maximum absolute atomic E-state index is 5.67. The number of halogens is 1. The van der Waals surface area contributed by atoms with Gasteiger partial charge in [0, 0.05) is 29.9 Å². The first-order valence-electron chi connectivity index (χ1n) is 6.12. The van der Waals surface area contributed by atoms with E-state index in [2.05, 4.69) is 39.0 Å². The van der Waals surface area contributed by atoms with Crippen LogP contribution in [0.15, 0.2) is 22.7 Å². The minimum absolute atomic E-state index is 0.693. The third-order valence-electron chi connectivity index (χ3n) is 3.02. The van der Waals surface area contributed by atoms with Gasteiger partial charge in [0.2, 0.25) is 0 Å². The van der Waals surface area contributed by atoms with Crippen molar-refractivity contribution < 1.29 is 4.74 Å². The minimum atomic E-state index is 0.693. The van der Waals surface area contributed by atoms with Crippen LogP contribution in [0.3, 0.4) is 0 Å². The Balaban J connectivity index is 2.23. The van der Waals surface area contributed by atoms with Gasteiger partial charge >= 0.3 is 0 Å². The fraction of sp³-hybridized carbons (Fsp3) is 0.538. The number of hydrogen-bond donors (Lipinski definition) is 1. The third kappa shape index (κ3) is 3.44. The second kappa shape index (κ2) is 6.38. The Hall–Kier alpha value is -0.580. The van der Waals surface area contributed by atoms with Crippen LogP contribution in [-0.2, 0) is 11.2 Å². The van der Waals surface area contributed by atoms with E-state index in [1.54, 1.807) is 0 Å². The summed E-state index contributed by atoms with van der Waals surface area (Å²) in [4.78, 5) is 2.41. The predicted octanol–water partition coefficient (Wildman–Crippen LogP) is 2.18. The molecule has 0 bridgehead atoms. The molecule has 2 N–H and O–H groups in total. The lowest BCUT2D eigenvalue weighted by molar-refractivity contribution is 0.152. The maximum atomic E-state index is 5.67. The molecule has 1 aliphatic rings. The molecule has 0 aliphatic carbocycles. The molecule has 0 spiro atoms. The summed E-state index contributed by atoms with van der Waals surface area (Å²) < 4.78 is 6.62. The number of anilines is 1. The maximum Gasteiger partial charge on any atom is 0.0641 e. The van der Waals surface area contributed by atoms with Crippen molar-refractivity contribution in [1.29, 1.82) is 0 Å². The van der Waals surface area contributed by atoms with Gasteiger partial charge in [0.05, 0.1) is 6.61 Å². The normalized spacial score (nSPS) is 16.9. The van der Waals surface area contributed by atoms with Crippen molar-refractivity contribution in [2.45, 2.75) is 12.8 Å². The monoisotopic (exact) mass is 298 g/mol. The fourth-order valence-electron chi connectivity index (χ4n) is 2.19. The molecule has 4 heteroatoms. The first-order valence-corrected chi connectivity index (χ1v) is 6.92. The lowest BCUT2D eigenvalue weighted by Crippen LogP contribution is -2.27. The van der Waals surface area contributed by atoms with E-state index in [0.29, 0.717) is 6.54 Å². The molecular formula is C13H19BrN2O. The summed E-state index contributed by atoms with van der Waals surface area (Å²) in [5, 5.41) is 0. The van der Waals surface area contributed by atoms with Crippen LogP contribution in [0, 0.1) is 0 Å². The van der Waals surface area contributed by atoms with Crippen molar-refractivity contribution in [2.24, 2.45) is 5.73 Å². The lowest BCUT2D eigenvalue weighted by Gasteiger charge is -2.25. The Morgan fingerprint density at radius 3 is 3.00 bits per heavy atom. The van der Waals surface area contributed by atoms with E-state index >= 15 is 0 Å².